The topological polar surface area (TPSA) is 84.9 Å². The molecule has 31 heavy (non-hydrogen) atoms. The van der Waals surface area contributed by atoms with Gasteiger partial charge in [-0.2, -0.15) is 0 Å². The van der Waals surface area contributed by atoms with Crippen molar-refractivity contribution in [3.05, 3.63) is 54.1 Å². The number of benzene rings is 2. The van der Waals surface area contributed by atoms with Gasteiger partial charge >= 0.3 is 5.97 Å². The van der Waals surface area contributed by atoms with Gasteiger partial charge in [-0.25, -0.2) is 4.79 Å². The zero-order chi connectivity index (χ0) is 22.8. The summed E-state index contributed by atoms with van der Waals surface area (Å²) in [6.45, 7) is 9.27. The Bertz CT molecular complexity index is 978. The summed E-state index contributed by atoms with van der Waals surface area (Å²) in [6, 6.07) is 14.5. The fourth-order valence-electron chi connectivity index (χ4n) is 3.26. The summed E-state index contributed by atoms with van der Waals surface area (Å²) in [7, 11) is 0. The van der Waals surface area contributed by atoms with Crippen LogP contribution in [0.25, 0.3) is 0 Å². The van der Waals surface area contributed by atoms with E-state index in [1.807, 2.05) is 24.3 Å². The van der Waals surface area contributed by atoms with E-state index in [9.17, 15) is 14.4 Å². The van der Waals surface area contributed by atoms with Gasteiger partial charge in [0.05, 0.1) is 11.4 Å². The maximum atomic E-state index is 12.9. The van der Waals surface area contributed by atoms with E-state index in [1.165, 1.54) is 11.8 Å². The van der Waals surface area contributed by atoms with E-state index in [2.05, 4.69) is 26.1 Å². The maximum Gasteiger partial charge on any atom is 0.347 e. The van der Waals surface area contributed by atoms with E-state index in [1.54, 1.807) is 31.2 Å². The van der Waals surface area contributed by atoms with Crippen molar-refractivity contribution in [3.8, 4) is 5.75 Å². The zero-order valence-corrected chi connectivity index (χ0v) is 18.5. The van der Waals surface area contributed by atoms with Gasteiger partial charge in [-0.15, -0.1) is 0 Å². The minimum Gasteiger partial charge on any atom is -0.479 e. The first-order chi connectivity index (χ1) is 14.6. The second kappa shape index (κ2) is 8.79. The normalized spacial score (nSPS) is 15.4. The van der Waals surface area contributed by atoms with Crippen molar-refractivity contribution in [1.82, 2.24) is 0 Å². The number of amides is 2. The van der Waals surface area contributed by atoms with Crippen LogP contribution in [-0.4, -0.2) is 36.5 Å². The molecular weight excluding hydrogens is 396 g/mol. The van der Waals surface area contributed by atoms with Crippen molar-refractivity contribution < 1.29 is 23.9 Å². The van der Waals surface area contributed by atoms with Crippen molar-refractivity contribution in [1.29, 1.82) is 0 Å². The van der Waals surface area contributed by atoms with Gasteiger partial charge in [0.15, 0.2) is 12.2 Å². The lowest BCUT2D eigenvalue weighted by Crippen LogP contribution is -2.47. The van der Waals surface area contributed by atoms with Crippen molar-refractivity contribution in [3.63, 3.8) is 0 Å². The smallest absolute Gasteiger partial charge is 0.347 e. The van der Waals surface area contributed by atoms with Gasteiger partial charge in [0.1, 0.15) is 12.3 Å². The standard InChI is InChI=1S/C24H28N2O5/c1-15(22(28)26-14-21(27)25-19-8-6-7-9-20(19)26)31-23(29)16(2)30-18-12-10-17(11-13-18)24(3,4)5/h6-13,15-16H,14H2,1-5H3,(H,25,27)/t15-,16-/m1/s1. The van der Waals surface area contributed by atoms with E-state index >= 15 is 0 Å². The molecule has 2 aromatic carbocycles. The molecule has 0 radical (unpaired) electrons. The average molecular weight is 424 g/mol. The lowest BCUT2D eigenvalue weighted by atomic mass is 9.87. The molecular formula is C24H28N2O5. The third kappa shape index (κ3) is 5.23. The average Bonchev–Trinajstić information content (AvgIpc) is 2.72. The molecule has 1 aliphatic rings. The van der Waals surface area contributed by atoms with Gasteiger partial charge in [0.2, 0.25) is 5.91 Å². The molecule has 0 bridgehead atoms. The minimum atomic E-state index is -1.07. The Labute approximate surface area is 182 Å². The molecule has 3 rings (SSSR count). The quantitative estimate of drug-likeness (QED) is 0.741. The Morgan fingerprint density at radius 1 is 1.00 bits per heavy atom. The second-order valence-corrected chi connectivity index (χ2v) is 8.60. The van der Waals surface area contributed by atoms with Crippen LogP contribution >= 0.6 is 0 Å². The number of anilines is 2. The molecule has 7 heteroatoms. The molecule has 2 amide bonds. The number of esters is 1. The van der Waals surface area contributed by atoms with Crippen LogP contribution in [0.15, 0.2) is 48.5 Å². The van der Waals surface area contributed by atoms with Crippen LogP contribution < -0.4 is 15.0 Å². The molecule has 1 N–H and O–H groups in total. The summed E-state index contributed by atoms with van der Waals surface area (Å²) in [5, 5.41) is 2.72. The number of nitrogens with zero attached hydrogens (tertiary/aromatic N) is 1. The number of carbonyl (C=O) groups is 3. The molecule has 0 fully saturated rings. The molecule has 0 saturated carbocycles. The van der Waals surface area contributed by atoms with Crippen molar-refractivity contribution in [2.45, 2.75) is 52.2 Å². The van der Waals surface area contributed by atoms with E-state index in [0.717, 1.165) is 5.56 Å². The molecule has 7 nitrogen and oxygen atoms in total. The van der Waals surface area contributed by atoms with E-state index in [4.69, 9.17) is 9.47 Å². The highest BCUT2D eigenvalue weighted by molar-refractivity contribution is 6.11. The number of fused-ring (bicyclic) bond motifs is 1. The molecule has 1 heterocycles. The Morgan fingerprint density at radius 3 is 2.29 bits per heavy atom. The lowest BCUT2D eigenvalue weighted by molar-refractivity contribution is -0.160. The number of carbonyl (C=O) groups excluding carboxylic acids is 3. The molecule has 164 valence electrons. The number of hydrogen-bond donors (Lipinski definition) is 1. The summed E-state index contributed by atoms with van der Waals surface area (Å²) in [4.78, 5) is 38.6. The molecule has 2 aromatic rings. The third-order valence-electron chi connectivity index (χ3n) is 5.04. The molecule has 0 saturated heterocycles. The van der Waals surface area contributed by atoms with Gasteiger partial charge in [-0.1, -0.05) is 45.0 Å². The number of nitrogens with one attached hydrogen (secondary N) is 1. The summed E-state index contributed by atoms with van der Waals surface area (Å²) in [5.41, 5.74) is 2.28. The number of ether oxygens (including phenoxy) is 2. The fourth-order valence-corrected chi connectivity index (χ4v) is 3.26. The monoisotopic (exact) mass is 424 g/mol. The molecule has 0 aromatic heterocycles. The Hall–Kier alpha value is -3.35. The SMILES string of the molecule is C[C@@H](Oc1ccc(C(C)(C)C)cc1)C(=O)O[C@H](C)C(=O)N1CC(=O)Nc2ccccc21. The lowest BCUT2D eigenvalue weighted by Gasteiger charge is -2.31. The molecule has 0 aliphatic carbocycles. The van der Waals surface area contributed by atoms with Crippen LogP contribution in [0, 0.1) is 0 Å². The van der Waals surface area contributed by atoms with Gasteiger partial charge in [0, 0.05) is 0 Å². The van der Waals surface area contributed by atoms with Crippen molar-refractivity contribution >= 4 is 29.2 Å². The van der Waals surface area contributed by atoms with Crippen molar-refractivity contribution in [2.75, 3.05) is 16.8 Å². The Balaban J connectivity index is 1.62. The summed E-state index contributed by atoms with van der Waals surface area (Å²) < 4.78 is 11.0. The van der Waals surface area contributed by atoms with Crippen LogP contribution in [0.1, 0.15) is 40.2 Å². The number of hydrogen-bond acceptors (Lipinski definition) is 5. The zero-order valence-electron chi connectivity index (χ0n) is 18.5. The molecule has 2 atom stereocenters. The van der Waals surface area contributed by atoms with Crippen LogP contribution in [-0.2, 0) is 24.5 Å². The van der Waals surface area contributed by atoms with Crippen LogP contribution in [0.3, 0.4) is 0 Å². The summed E-state index contributed by atoms with van der Waals surface area (Å²) >= 11 is 0. The minimum absolute atomic E-state index is 0.0167. The first kappa shape index (κ1) is 22.3. The molecule has 0 unspecified atom stereocenters. The summed E-state index contributed by atoms with van der Waals surface area (Å²) in [6.07, 6.45) is -1.96. The van der Waals surface area contributed by atoms with E-state index < -0.39 is 24.1 Å². The Kier molecular flexibility index (Phi) is 6.34. The first-order valence-corrected chi connectivity index (χ1v) is 10.2. The maximum absolute atomic E-state index is 12.9. The van der Waals surface area contributed by atoms with E-state index in [0.29, 0.717) is 17.1 Å². The fraction of sp³-hybridized carbons (Fsp3) is 0.375. The Morgan fingerprint density at radius 2 is 1.65 bits per heavy atom. The highest BCUT2D eigenvalue weighted by Gasteiger charge is 2.32. The van der Waals surface area contributed by atoms with Crippen LogP contribution in [0.4, 0.5) is 11.4 Å². The molecule has 0 spiro atoms. The number of para-hydroxylation sites is 2. The predicted octanol–water partition coefficient (Wildman–Crippen LogP) is 3.67. The first-order valence-electron chi connectivity index (χ1n) is 10.2. The second-order valence-electron chi connectivity index (χ2n) is 8.60. The number of rotatable bonds is 5. The highest BCUT2D eigenvalue weighted by atomic mass is 16.6. The van der Waals surface area contributed by atoms with E-state index in [-0.39, 0.29) is 17.9 Å². The van der Waals surface area contributed by atoms with Gasteiger partial charge in [-0.05, 0) is 49.1 Å². The van der Waals surface area contributed by atoms with Crippen molar-refractivity contribution in [2.24, 2.45) is 0 Å². The third-order valence-corrected chi connectivity index (χ3v) is 5.04. The van der Waals surface area contributed by atoms with Crippen LogP contribution in [0.5, 0.6) is 5.75 Å². The summed E-state index contributed by atoms with van der Waals surface area (Å²) in [5.74, 6) is -0.896. The van der Waals surface area contributed by atoms with Gasteiger partial charge in [-0.3, -0.25) is 14.5 Å². The highest BCUT2D eigenvalue weighted by Crippen LogP contribution is 2.29. The van der Waals surface area contributed by atoms with Crippen LogP contribution in [0.2, 0.25) is 0 Å². The van der Waals surface area contributed by atoms with Gasteiger partial charge < -0.3 is 14.8 Å². The molecule has 1 aliphatic heterocycles. The largest absolute Gasteiger partial charge is 0.479 e. The predicted molar refractivity (Wildman–Crippen MR) is 118 cm³/mol. The van der Waals surface area contributed by atoms with Gasteiger partial charge in [0.25, 0.3) is 5.91 Å².